The number of β-amino-alcohol motifs (C(OH)–C–C–N with tert-alkyl or cyclic N) is 1. The first-order valence-electron chi connectivity index (χ1n) is 23.2. The van der Waals surface area contributed by atoms with E-state index in [4.69, 9.17) is 9.47 Å². The Morgan fingerprint density at radius 1 is 1.00 bits per heavy atom. The van der Waals surface area contributed by atoms with Gasteiger partial charge in [0.25, 0.3) is 5.91 Å². The number of aromatic nitrogens is 1. The lowest BCUT2D eigenvalue weighted by Crippen LogP contribution is -2.58. The number of ether oxygens (including phenoxy) is 2. The fourth-order valence-corrected chi connectivity index (χ4v) is 9.96. The largest absolute Gasteiger partial charge is 0.417 e. The number of rotatable bonds is 20. The zero-order valence-electron chi connectivity index (χ0n) is 40.4. The van der Waals surface area contributed by atoms with E-state index in [1.165, 1.54) is 34.1 Å². The maximum Gasteiger partial charge on any atom is 0.417 e. The Morgan fingerprint density at radius 2 is 1.69 bits per heavy atom. The molecular weight excluding hydrogens is 965 g/mol. The van der Waals surface area contributed by atoms with E-state index in [0.717, 1.165) is 38.7 Å². The third-order valence-electron chi connectivity index (χ3n) is 12.3. The molecule has 3 aromatic carbocycles. The van der Waals surface area contributed by atoms with Crippen molar-refractivity contribution < 1.29 is 51.3 Å². The maximum atomic E-state index is 15.4. The Hall–Kier alpha value is -5.79. The van der Waals surface area contributed by atoms with Crippen molar-refractivity contribution in [2.45, 2.75) is 109 Å². The van der Waals surface area contributed by atoms with Crippen molar-refractivity contribution >= 4 is 64.7 Å². The van der Waals surface area contributed by atoms with Gasteiger partial charge in [0.05, 0.1) is 45.1 Å². The molecule has 6 rings (SSSR count). The molecule has 71 heavy (non-hydrogen) atoms. The number of anilines is 3. The number of thiazole rings is 1. The maximum absolute atomic E-state index is 15.4. The molecule has 2 fully saturated rings. The SMILES string of the molecule is Cc1ncsc1-c1ccc(CNC(=O)[C@@H]2C[C@@H](O)CN2C(=O)[C@@H](NC(=O)COCCCOCCCCNc2ccc(N3C(S)N(c4ccc(C#N)c(C(F)(F)F)c4)C(=O)C3(C)C)cc2F)C(C)(C)C)cc1. The average molecular weight is 1030 g/mol. The molecule has 21 heteroatoms. The quantitative estimate of drug-likeness (QED) is 0.0337. The molecule has 0 bridgehead atoms. The van der Waals surface area contributed by atoms with Crippen LogP contribution >= 0.6 is 24.0 Å². The zero-order valence-corrected chi connectivity index (χ0v) is 42.1. The first-order chi connectivity index (χ1) is 33.5. The minimum atomic E-state index is -4.83. The van der Waals surface area contributed by atoms with Crippen LogP contribution in [0.15, 0.2) is 66.2 Å². The predicted molar refractivity (Wildman–Crippen MR) is 265 cm³/mol. The van der Waals surface area contributed by atoms with Crippen molar-refractivity contribution in [3.8, 4) is 16.5 Å². The molecule has 4 aromatic rings. The molecule has 382 valence electrons. The molecular formula is C50H60F4N8O7S2. The molecule has 4 amide bonds. The highest BCUT2D eigenvalue weighted by atomic mass is 32.1. The third kappa shape index (κ3) is 13.2. The minimum Gasteiger partial charge on any atom is -0.391 e. The standard InChI is InChI=1S/C50H60F4N8O7S2/c1-30-42(71-29-58-30)32-12-10-31(11-13-32)26-57-44(65)40-24-36(63)27-60(40)45(66)43(48(2,3)4)59-41(64)28-69-21-9-20-68-19-8-7-18-56-39-17-16-35(23-38(39)51)62-47(70)61(46(67)49(62,5)6)34-15-14-33(25-55)37(22-34)50(52,53)54/h10-17,22-23,29,36,40,43,47,56,63,70H,7-9,18-21,24,26-28H2,1-6H3,(H,57,65)(H,59,64)/t36-,40+,43-,47?/m1/s1. The summed E-state index contributed by atoms with van der Waals surface area (Å²) in [5.74, 6) is -2.55. The third-order valence-corrected chi connectivity index (χ3v) is 13.7. The highest BCUT2D eigenvalue weighted by Crippen LogP contribution is 2.43. The van der Waals surface area contributed by atoms with Crippen LogP contribution in [-0.4, -0.2) is 107 Å². The normalized spacial score (nSPS) is 18.4. The van der Waals surface area contributed by atoms with Crippen molar-refractivity contribution in [3.05, 3.63) is 94.4 Å². The van der Waals surface area contributed by atoms with Gasteiger partial charge in [0.1, 0.15) is 30.0 Å². The van der Waals surface area contributed by atoms with E-state index in [9.17, 15) is 42.7 Å². The van der Waals surface area contributed by atoms with Gasteiger partial charge in [-0.3, -0.25) is 24.1 Å². The van der Waals surface area contributed by atoms with Gasteiger partial charge < -0.3 is 40.3 Å². The summed E-state index contributed by atoms with van der Waals surface area (Å²) in [6.07, 6.45) is -3.87. The van der Waals surface area contributed by atoms with Gasteiger partial charge in [0, 0.05) is 57.3 Å². The van der Waals surface area contributed by atoms with Gasteiger partial charge in [-0.2, -0.15) is 18.4 Å². The Labute approximate surface area is 420 Å². The Kier molecular flexibility index (Phi) is 17.8. The van der Waals surface area contributed by atoms with Gasteiger partial charge >= 0.3 is 6.18 Å². The highest BCUT2D eigenvalue weighted by Gasteiger charge is 2.52. The molecule has 4 atom stereocenters. The summed E-state index contributed by atoms with van der Waals surface area (Å²) in [4.78, 5) is 63.3. The lowest BCUT2D eigenvalue weighted by atomic mass is 9.85. The molecule has 0 spiro atoms. The second kappa shape index (κ2) is 23.2. The van der Waals surface area contributed by atoms with Crippen molar-refractivity contribution in [2.75, 3.05) is 54.6 Å². The van der Waals surface area contributed by atoms with Crippen LogP contribution in [0.1, 0.15) is 82.7 Å². The van der Waals surface area contributed by atoms with Gasteiger partial charge in [-0.25, -0.2) is 9.37 Å². The summed E-state index contributed by atoms with van der Waals surface area (Å²) < 4.78 is 67.9. The van der Waals surface area contributed by atoms with Gasteiger partial charge in [0.2, 0.25) is 17.7 Å². The van der Waals surface area contributed by atoms with Crippen LogP contribution < -0.4 is 25.8 Å². The number of carbonyl (C=O) groups excluding carboxylic acids is 4. The average Bonchev–Trinajstić information content (AvgIpc) is 3.98. The number of aliphatic hydroxyl groups is 1. The Morgan fingerprint density at radius 3 is 2.34 bits per heavy atom. The molecule has 0 saturated carbocycles. The van der Waals surface area contributed by atoms with E-state index < -0.39 is 81.4 Å². The number of likely N-dealkylation sites (tertiary alicyclic amines) is 1. The molecule has 4 N–H and O–H groups in total. The van der Waals surface area contributed by atoms with Crippen LogP contribution in [0.2, 0.25) is 0 Å². The fourth-order valence-electron chi connectivity index (χ4n) is 8.49. The first-order valence-corrected chi connectivity index (χ1v) is 24.6. The minimum absolute atomic E-state index is 0.0453. The number of nitrogens with one attached hydrogen (secondary N) is 3. The molecule has 3 heterocycles. The van der Waals surface area contributed by atoms with E-state index in [1.807, 2.05) is 31.2 Å². The van der Waals surface area contributed by atoms with Crippen molar-refractivity contribution in [1.29, 1.82) is 5.26 Å². The molecule has 1 unspecified atom stereocenters. The van der Waals surface area contributed by atoms with E-state index in [1.54, 1.807) is 57.5 Å². The topological polar surface area (TPSA) is 189 Å². The summed E-state index contributed by atoms with van der Waals surface area (Å²) in [5, 5.41) is 28.5. The monoisotopic (exact) mass is 1020 g/mol. The van der Waals surface area contributed by atoms with Gasteiger partial charge in [0.15, 0.2) is 5.50 Å². The number of nitrogens with zero attached hydrogens (tertiary/aromatic N) is 5. The van der Waals surface area contributed by atoms with Gasteiger partial charge in [-0.1, -0.05) is 45.0 Å². The smallest absolute Gasteiger partial charge is 0.391 e. The van der Waals surface area contributed by atoms with Gasteiger partial charge in [-0.05, 0) is 93.0 Å². The molecule has 2 aliphatic rings. The molecule has 15 nitrogen and oxygen atoms in total. The fraction of sp³-hybridized carbons (Fsp3) is 0.480. The number of halogens is 4. The van der Waals surface area contributed by atoms with Crippen LogP contribution in [0.3, 0.4) is 0 Å². The van der Waals surface area contributed by atoms with E-state index in [2.05, 4.69) is 33.6 Å². The van der Waals surface area contributed by atoms with Crippen LogP contribution in [0, 0.1) is 29.5 Å². The number of nitriles is 1. The number of hydrogen-bond donors (Lipinski definition) is 5. The van der Waals surface area contributed by atoms with Crippen molar-refractivity contribution in [3.63, 3.8) is 0 Å². The number of benzene rings is 3. The lowest BCUT2D eigenvalue weighted by molar-refractivity contribution is -0.144. The van der Waals surface area contributed by atoms with Gasteiger partial charge in [-0.15, -0.1) is 24.0 Å². The molecule has 1 aromatic heterocycles. The number of hydrogen-bond acceptors (Lipinski definition) is 13. The lowest BCUT2D eigenvalue weighted by Gasteiger charge is -2.35. The van der Waals surface area contributed by atoms with Crippen molar-refractivity contribution in [1.82, 2.24) is 20.5 Å². The molecule has 0 radical (unpaired) electrons. The number of thiol groups is 1. The number of alkyl halides is 3. The summed E-state index contributed by atoms with van der Waals surface area (Å²) in [6.45, 7) is 11.8. The summed E-state index contributed by atoms with van der Waals surface area (Å²) in [5.41, 5.74) is 0.138. The summed E-state index contributed by atoms with van der Waals surface area (Å²) in [7, 11) is 0. The summed E-state index contributed by atoms with van der Waals surface area (Å²) >= 11 is 6.13. The van der Waals surface area contributed by atoms with Crippen LogP contribution in [-0.2, 0) is 41.4 Å². The van der Waals surface area contributed by atoms with Crippen LogP contribution in [0.5, 0.6) is 0 Å². The van der Waals surface area contributed by atoms with E-state index in [-0.39, 0.29) is 49.8 Å². The first kappa shape index (κ1) is 54.5. The number of aliphatic hydroxyl groups excluding tert-OH is 1. The van der Waals surface area contributed by atoms with E-state index in [0.29, 0.717) is 39.0 Å². The molecule has 2 saturated heterocycles. The highest BCUT2D eigenvalue weighted by molar-refractivity contribution is 7.81. The van der Waals surface area contributed by atoms with E-state index >= 15 is 4.39 Å². The number of aryl methyl sites for hydroxylation is 1. The second-order valence-corrected chi connectivity index (χ2v) is 20.4. The number of amides is 4. The van der Waals surface area contributed by atoms with Crippen molar-refractivity contribution in [2.24, 2.45) is 5.41 Å². The summed E-state index contributed by atoms with van der Waals surface area (Å²) in [6, 6.07) is 14.7. The number of unbranched alkanes of at least 4 members (excludes halogenated alkanes) is 1. The Balaban J connectivity index is 0.879. The molecule has 2 aliphatic heterocycles. The Bertz CT molecular complexity index is 2580. The second-order valence-electron chi connectivity index (χ2n) is 19.1. The van der Waals surface area contributed by atoms with Crippen LogP contribution in [0.4, 0.5) is 34.6 Å². The predicted octanol–water partition coefficient (Wildman–Crippen LogP) is 7.42. The van der Waals surface area contributed by atoms with Crippen LogP contribution in [0.25, 0.3) is 10.4 Å². The molecule has 0 aliphatic carbocycles. The number of carbonyl (C=O) groups is 4. The zero-order chi connectivity index (χ0) is 51.8.